The van der Waals surface area contributed by atoms with E-state index in [1.807, 2.05) is 38.0 Å². The molecule has 2 atom stereocenters. The number of benzene rings is 1. The lowest BCUT2D eigenvalue weighted by atomic mass is 9.82. The van der Waals surface area contributed by atoms with Gasteiger partial charge in [-0.15, -0.1) is 0 Å². The van der Waals surface area contributed by atoms with Gasteiger partial charge in [-0.1, -0.05) is 17.7 Å². The standard InChI is InChI=1S/C19H26N2O3/c1-11-9-12(2)15(13(3)10-11)16-18(22)17(20-19(16)23)14-5-7-21(24-4)8-6-14/h9-10,14,16-17H,5-8H2,1-4H3,(H,20,23). The van der Waals surface area contributed by atoms with E-state index in [1.165, 1.54) is 0 Å². The van der Waals surface area contributed by atoms with Gasteiger partial charge in [-0.3, -0.25) is 9.59 Å². The van der Waals surface area contributed by atoms with Crippen LogP contribution in [0.15, 0.2) is 12.1 Å². The highest BCUT2D eigenvalue weighted by molar-refractivity contribution is 6.15. The SMILES string of the molecule is CON1CCC(C2NC(=O)C(c3c(C)cc(C)cc3C)C2=O)CC1. The number of ketones is 1. The number of hydroxylamine groups is 2. The number of rotatable bonds is 3. The zero-order valence-corrected chi connectivity index (χ0v) is 14.9. The minimum Gasteiger partial charge on any atom is -0.345 e. The lowest BCUT2D eigenvalue weighted by Gasteiger charge is -2.32. The highest BCUT2D eigenvalue weighted by atomic mass is 16.7. The first-order valence-electron chi connectivity index (χ1n) is 8.63. The fraction of sp³-hybridized carbons (Fsp3) is 0.579. The maximum Gasteiger partial charge on any atom is 0.235 e. The van der Waals surface area contributed by atoms with Crippen molar-refractivity contribution in [3.05, 3.63) is 34.4 Å². The smallest absolute Gasteiger partial charge is 0.235 e. The van der Waals surface area contributed by atoms with Crippen LogP contribution in [0.5, 0.6) is 0 Å². The van der Waals surface area contributed by atoms with Crippen molar-refractivity contribution >= 4 is 11.7 Å². The van der Waals surface area contributed by atoms with Gasteiger partial charge in [-0.05, 0) is 56.2 Å². The summed E-state index contributed by atoms with van der Waals surface area (Å²) in [7, 11) is 1.67. The monoisotopic (exact) mass is 330 g/mol. The number of carbonyl (C=O) groups excluding carboxylic acids is 2. The summed E-state index contributed by atoms with van der Waals surface area (Å²) in [5, 5.41) is 4.88. The van der Waals surface area contributed by atoms with Crippen molar-refractivity contribution in [2.24, 2.45) is 5.92 Å². The maximum atomic E-state index is 13.0. The van der Waals surface area contributed by atoms with Crippen LogP contribution in [0, 0.1) is 26.7 Å². The Balaban J connectivity index is 1.83. The lowest BCUT2D eigenvalue weighted by molar-refractivity contribution is -0.150. The van der Waals surface area contributed by atoms with Crippen molar-refractivity contribution < 1.29 is 14.4 Å². The number of nitrogens with one attached hydrogen (secondary N) is 1. The average molecular weight is 330 g/mol. The Morgan fingerprint density at radius 1 is 1.08 bits per heavy atom. The van der Waals surface area contributed by atoms with Gasteiger partial charge in [0.15, 0.2) is 5.78 Å². The Morgan fingerprint density at radius 2 is 1.67 bits per heavy atom. The van der Waals surface area contributed by atoms with Crippen LogP contribution in [0.25, 0.3) is 0 Å². The fourth-order valence-electron chi connectivity index (χ4n) is 4.28. The van der Waals surface area contributed by atoms with Gasteiger partial charge < -0.3 is 10.2 Å². The molecular formula is C19H26N2O3. The molecule has 0 bridgehead atoms. The van der Waals surface area contributed by atoms with Gasteiger partial charge in [0.05, 0.1) is 13.2 Å². The molecule has 0 radical (unpaired) electrons. The summed E-state index contributed by atoms with van der Waals surface area (Å²) in [4.78, 5) is 30.9. The van der Waals surface area contributed by atoms with Crippen LogP contribution in [0.3, 0.4) is 0 Å². The van der Waals surface area contributed by atoms with Crippen LogP contribution in [0.1, 0.15) is 41.0 Å². The number of hydrogen-bond acceptors (Lipinski definition) is 4. The van der Waals surface area contributed by atoms with Gasteiger partial charge in [0, 0.05) is 13.1 Å². The molecule has 1 N–H and O–H groups in total. The molecule has 24 heavy (non-hydrogen) atoms. The molecule has 0 saturated carbocycles. The van der Waals surface area contributed by atoms with Crippen molar-refractivity contribution in [3.8, 4) is 0 Å². The predicted molar refractivity (Wildman–Crippen MR) is 91.6 cm³/mol. The summed E-state index contributed by atoms with van der Waals surface area (Å²) in [5.41, 5.74) is 4.09. The van der Waals surface area contributed by atoms with E-state index in [-0.39, 0.29) is 23.7 Å². The molecule has 3 rings (SSSR count). The molecule has 5 heteroatoms. The summed E-state index contributed by atoms with van der Waals surface area (Å²) in [6.45, 7) is 7.61. The molecule has 2 heterocycles. The van der Waals surface area contributed by atoms with Gasteiger partial charge in [-0.25, -0.2) is 0 Å². The molecule has 1 aromatic carbocycles. The number of Topliss-reactive ketones (excluding diaryl/α,β-unsaturated/α-hetero) is 1. The molecule has 1 aromatic rings. The second-order valence-electron chi connectivity index (χ2n) is 7.08. The predicted octanol–water partition coefficient (Wildman–Crippen LogP) is 2.04. The van der Waals surface area contributed by atoms with Crippen LogP contribution in [0.2, 0.25) is 0 Å². The number of hydrogen-bond donors (Lipinski definition) is 1. The minimum absolute atomic E-state index is 0.0333. The largest absolute Gasteiger partial charge is 0.345 e. The molecule has 2 aliphatic rings. The second-order valence-corrected chi connectivity index (χ2v) is 7.08. The van der Waals surface area contributed by atoms with E-state index in [1.54, 1.807) is 7.11 Å². The molecule has 0 spiro atoms. The molecule has 2 fully saturated rings. The summed E-state index contributed by atoms with van der Waals surface area (Å²) in [6.07, 6.45) is 1.73. The molecule has 2 saturated heterocycles. The van der Waals surface area contributed by atoms with Crippen molar-refractivity contribution in [2.45, 2.75) is 45.6 Å². The summed E-state index contributed by atoms with van der Waals surface area (Å²) in [6, 6.07) is 3.74. The third kappa shape index (κ3) is 2.98. The van der Waals surface area contributed by atoms with Gasteiger partial charge in [0.25, 0.3) is 0 Å². The topological polar surface area (TPSA) is 58.6 Å². The van der Waals surface area contributed by atoms with Crippen LogP contribution < -0.4 is 5.32 Å². The van der Waals surface area contributed by atoms with Gasteiger partial charge >= 0.3 is 0 Å². The first-order valence-corrected chi connectivity index (χ1v) is 8.63. The fourth-order valence-corrected chi connectivity index (χ4v) is 4.28. The summed E-state index contributed by atoms with van der Waals surface area (Å²) < 4.78 is 0. The highest BCUT2D eigenvalue weighted by Gasteiger charge is 2.46. The molecule has 2 aliphatic heterocycles. The van der Waals surface area contributed by atoms with Crippen molar-refractivity contribution in [3.63, 3.8) is 0 Å². The number of piperidine rings is 1. The van der Waals surface area contributed by atoms with Crippen molar-refractivity contribution in [2.75, 3.05) is 20.2 Å². The number of aryl methyl sites for hydroxylation is 3. The Bertz CT molecular complexity index is 640. The molecule has 130 valence electrons. The number of carbonyl (C=O) groups is 2. The van der Waals surface area contributed by atoms with E-state index in [0.29, 0.717) is 0 Å². The molecule has 2 unspecified atom stereocenters. The average Bonchev–Trinajstić information content (AvgIpc) is 2.82. The van der Waals surface area contributed by atoms with E-state index < -0.39 is 5.92 Å². The van der Waals surface area contributed by atoms with E-state index in [4.69, 9.17) is 4.84 Å². The van der Waals surface area contributed by atoms with Crippen LogP contribution in [-0.2, 0) is 14.4 Å². The van der Waals surface area contributed by atoms with Gasteiger partial charge in [0.2, 0.25) is 5.91 Å². The number of nitrogens with zero attached hydrogens (tertiary/aromatic N) is 1. The Morgan fingerprint density at radius 3 is 2.21 bits per heavy atom. The molecule has 0 aromatic heterocycles. The van der Waals surface area contributed by atoms with Crippen LogP contribution in [-0.4, -0.2) is 43.0 Å². The number of amides is 1. The third-order valence-corrected chi connectivity index (χ3v) is 5.41. The molecule has 5 nitrogen and oxygen atoms in total. The summed E-state index contributed by atoms with van der Waals surface area (Å²) in [5.74, 6) is -0.569. The van der Waals surface area contributed by atoms with E-state index in [9.17, 15) is 9.59 Å². The maximum absolute atomic E-state index is 13.0. The zero-order valence-electron chi connectivity index (χ0n) is 14.9. The van der Waals surface area contributed by atoms with Gasteiger partial charge in [-0.2, -0.15) is 5.06 Å². The minimum atomic E-state index is -0.656. The van der Waals surface area contributed by atoms with E-state index in [2.05, 4.69) is 5.32 Å². The Kier molecular flexibility index (Phi) is 4.74. The van der Waals surface area contributed by atoms with E-state index in [0.717, 1.165) is 48.2 Å². The van der Waals surface area contributed by atoms with E-state index >= 15 is 0 Å². The first-order chi connectivity index (χ1) is 11.4. The normalized spacial score (nSPS) is 26.0. The van der Waals surface area contributed by atoms with Crippen molar-refractivity contribution in [1.29, 1.82) is 0 Å². The Labute approximate surface area is 143 Å². The summed E-state index contributed by atoms with van der Waals surface area (Å²) >= 11 is 0. The lowest BCUT2D eigenvalue weighted by Crippen LogP contribution is -2.43. The quantitative estimate of drug-likeness (QED) is 0.862. The second kappa shape index (κ2) is 6.65. The molecule has 0 aliphatic carbocycles. The highest BCUT2D eigenvalue weighted by Crippen LogP contribution is 2.34. The van der Waals surface area contributed by atoms with Crippen LogP contribution >= 0.6 is 0 Å². The third-order valence-electron chi connectivity index (χ3n) is 5.41. The zero-order chi connectivity index (χ0) is 17.4. The Hall–Kier alpha value is -1.72. The molecule has 1 amide bonds. The van der Waals surface area contributed by atoms with Crippen LogP contribution in [0.4, 0.5) is 0 Å². The molecular weight excluding hydrogens is 304 g/mol. The van der Waals surface area contributed by atoms with Gasteiger partial charge in [0.1, 0.15) is 5.92 Å². The van der Waals surface area contributed by atoms with Crippen molar-refractivity contribution in [1.82, 2.24) is 10.4 Å². The first kappa shape index (κ1) is 17.1.